The molecule has 124 valence electrons. The standard InChI is InChI=1S/C14H15ClN2O5S/c1-17(7-3-6-16)13(18)9-22-14(19)11-8-10(23(2,20)21)4-5-12(11)15/h4-5,8H,3,7,9H2,1-2H3. The van der Waals surface area contributed by atoms with Crippen LogP contribution in [0.5, 0.6) is 0 Å². The summed E-state index contributed by atoms with van der Waals surface area (Å²) in [6.45, 7) is -0.308. The van der Waals surface area contributed by atoms with Crippen molar-refractivity contribution >= 4 is 33.3 Å². The average molecular weight is 359 g/mol. The van der Waals surface area contributed by atoms with E-state index in [0.717, 1.165) is 12.3 Å². The summed E-state index contributed by atoms with van der Waals surface area (Å²) in [5, 5.41) is 8.47. The Bertz CT molecular complexity index is 755. The summed E-state index contributed by atoms with van der Waals surface area (Å²) in [5.74, 6) is -1.38. The van der Waals surface area contributed by atoms with Gasteiger partial charge in [0, 0.05) is 19.8 Å². The number of carbonyl (C=O) groups is 2. The van der Waals surface area contributed by atoms with Gasteiger partial charge in [-0.3, -0.25) is 4.79 Å². The first-order chi connectivity index (χ1) is 10.7. The zero-order valence-corrected chi connectivity index (χ0v) is 14.1. The van der Waals surface area contributed by atoms with Crippen molar-refractivity contribution in [2.45, 2.75) is 11.3 Å². The quantitative estimate of drug-likeness (QED) is 0.709. The van der Waals surface area contributed by atoms with Gasteiger partial charge in [0.15, 0.2) is 16.4 Å². The second-order valence-electron chi connectivity index (χ2n) is 4.71. The van der Waals surface area contributed by atoms with E-state index in [1.54, 1.807) is 0 Å². The molecule has 1 amide bonds. The average Bonchev–Trinajstić information content (AvgIpc) is 2.49. The highest BCUT2D eigenvalue weighted by atomic mass is 35.5. The van der Waals surface area contributed by atoms with E-state index in [9.17, 15) is 18.0 Å². The SMILES string of the molecule is CN(CCC#N)C(=O)COC(=O)c1cc(S(C)(=O)=O)ccc1Cl. The van der Waals surface area contributed by atoms with Gasteiger partial charge in [-0.1, -0.05) is 11.6 Å². The molecule has 0 unspecified atom stereocenters. The predicted octanol–water partition coefficient (Wildman–Crippen LogP) is 1.27. The molecule has 1 aromatic carbocycles. The van der Waals surface area contributed by atoms with Gasteiger partial charge in [0.25, 0.3) is 5.91 Å². The molecule has 0 saturated carbocycles. The fourth-order valence-corrected chi connectivity index (χ4v) is 2.39. The van der Waals surface area contributed by atoms with Crippen LogP contribution in [0.4, 0.5) is 0 Å². The first-order valence-corrected chi connectivity index (χ1v) is 8.71. The number of nitrogens with zero attached hydrogens (tertiary/aromatic N) is 2. The summed E-state index contributed by atoms with van der Waals surface area (Å²) in [5.41, 5.74) is -0.137. The molecule has 1 rings (SSSR count). The monoisotopic (exact) mass is 358 g/mol. The molecule has 0 aromatic heterocycles. The van der Waals surface area contributed by atoms with Gasteiger partial charge in [-0.25, -0.2) is 13.2 Å². The second-order valence-corrected chi connectivity index (χ2v) is 7.14. The van der Waals surface area contributed by atoms with E-state index < -0.39 is 28.3 Å². The van der Waals surface area contributed by atoms with Crippen molar-refractivity contribution in [3.63, 3.8) is 0 Å². The Hall–Kier alpha value is -2.11. The maximum Gasteiger partial charge on any atom is 0.340 e. The molecular weight excluding hydrogens is 344 g/mol. The van der Waals surface area contributed by atoms with Gasteiger partial charge in [-0.05, 0) is 18.2 Å². The second kappa shape index (κ2) is 7.94. The van der Waals surface area contributed by atoms with Crippen LogP contribution in [0.3, 0.4) is 0 Å². The zero-order valence-electron chi connectivity index (χ0n) is 12.6. The third-order valence-corrected chi connectivity index (χ3v) is 4.34. The van der Waals surface area contributed by atoms with E-state index in [0.29, 0.717) is 0 Å². The lowest BCUT2D eigenvalue weighted by Crippen LogP contribution is -2.32. The van der Waals surface area contributed by atoms with Crippen LogP contribution in [0.1, 0.15) is 16.8 Å². The minimum atomic E-state index is -3.50. The zero-order chi connectivity index (χ0) is 17.6. The van der Waals surface area contributed by atoms with Crippen LogP contribution in [0.2, 0.25) is 5.02 Å². The molecule has 1 aromatic rings. The number of rotatable bonds is 6. The molecule has 0 aliphatic heterocycles. The Morgan fingerprint density at radius 2 is 2.04 bits per heavy atom. The largest absolute Gasteiger partial charge is 0.452 e. The molecule has 0 fully saturated rings. The van der Waals surface area contributed by atoms with Gasteiger partial charge in [-0.15, -0.1) is 0 Å². The van der Waals surface area contributed by atoms with E-state index >= 15 is 0 Å². The molecule has 0 spiro atoms. The van der Waals surface area contributed by atoms with Gasteiger partial charge in [-0.2, -0.15) is 5.26 Å². The lowest BCUT2D eigenvalue weighted by atomic mass is 10.2. The summed E-state index contributed by atoms with van der Waals surface area (Å²) >= 11 is 5.86. The molecule has 0 N–H and O–H groups in total. The highest BCUT2D eigenvalue weighted by molar-refractivity contribution is 7.90. The molecule has 0 bridgehead atoms. The van der Waals surface area contributed by atoms with Crippen LogP contribution >= 0.6 is 11.6 Å². The van der Waals surface area contributed by atoms with Crippen LogP contribution in [0.15, 0.2) is 23.1 Å². The van der Waals surface area contributed by atoms with Gasteiger partial charge < -0.3 is 9.64 Å². The smallest absolute Gasteiger partial charge is 0.340 e. The van der Waals surface area contributed by atoms with E-state index in [4.69, 9.17) is 21.6 Å². The topological polar surface area (TPSA) is 105 Å². The number of hydrogen-bond donors (Lipinski definition) is 0. The first kappa shape index (κ1) is 18.9. The number of amides is 1. The lowest BCUT2D eigenvalue weighted by Gasteiger charge is -2.15. The fourth-order valence-electron chi connectivity index (χ4n) is 1.55. The first-order valence-electron chi connectivity index (χ1n) is 6.44. The Kier molecular flexibility index (Phi) is 6.54. The van der Waals surface area contributed by atoms with Crippen molar-refractivity contribution in [1.82, 2.24) is 4.90 Å². The summed E-state index contributed by atoms with van der Waals surface area (Å²) in [4.78, 5) is 24.8. The Labute approximate surface area is 139 Å². The number of carbonyl (C=O) groups excluding carboxylic acids is 2. The van der Waals surface area contributed by atoms with Crippen molar-refractivity contribution < 1.29 is 22.7 Å². The summed E-state index contributed by atoms with van der Waals surface area (Å²) in [7, 11) is -2.03. The molecule has 0 heterocycles. The molecular formula is C14H15ClN2O5S. The molecule has 0 aliphatic rings. The normalized spacial score (nSPS) is 10.7. The molecule has 23 heavy (non-hydrogen) atoms. The lowest BCUT2D eigenvalue weighted by molar-refractivity contribution is -0.133. The summed E-state index contributed by atoms with van der Waals surface area (Å²) in [6.07, 6.45) is 1.16. The number of hydrogen-bond acceptors (Lipinski definition) is 6. The molecule has 0 atom stereocenters. The Balaban J connectivity index is 2.79. The number of benzene rings is 1. The van der Waals surface area contributed by atoms with Crippen molar-refractivity contribution in [1.29, 1.82) is 5.26 Å². The van der Waals surface area contributed by atoms with E-state index in [1.165, 1.54) is 24.1 Å². The highest BCUT2D eigenvalue weighted by Crippen LogP contribution is 2.21. The number of halogens is 1. The van der Waals surface area contributed by atoms with Crippen molar-refractivity contribution in [3.05, 3.63) is 28.8 Å². The van der Waals surface area contributed by atoms with E-state index in [-0.39, 0.29) is 28.4 Å². The number of esters is 1. The fraction of sp³-hybridized carbons (Fsp3) is 0.357. The minimum absolute atomic E-state index is 0.0210. The molecule has 9 heteroatoms. The summed E-state index contributed by atoms with van der Waals surface area (Å²) in [6, 6.07) is 5.54. The number of ether oxygens (including phenoxy) is 1. The van der Waals surface area contributed by atoms with Crippen LogP contribution in [0, 0.1) is 11.3 Å². The van der Waals surface area contributed by atoms with Crippen molar-refractivity contribution in [2.24, 2.45) is 0 Å². The Morgan fingerprint density at radius 3 is 2.61 bits per heavy atom. The number of likely N-dealkylation sites (N-methyl/N-ethyl adjacent to an activating group) is 1. The van der Waals surface area contributed by atoms with Crippen LogP contribution < -0.4 is 0 Å². The predicted molar refractivity (Wildman–Crippen MR) is 82.7 cm³/mol. The van der Waals surface area contributed by atoms with Crippen molar-refractivity contribution in [2.75, 3.05) is 26.5 Å². The van der Waals surface area contributed by atoms with Crippen LogP contribution in [0.25, 0.3) is 0 Å². The molecule has 0 radical (unpaired) electrons. The van der Waals surface area contributed by atoms with Crippen LogP contribution in [-0.4, -0.2) is 51.6 Å². The highest BCUT2D eigenvalue weighted by Gasteiger charge is 2.18. The maximum absolute atomic E-state index is 12.0. The van der Waals surface area contributed by atoms with Gasteiger partial charge in [0.1, 0.15) is 0 Å². The number of nitriles is 1. The molecule has 0 aliphatic carbocycles. The maximum atomic E-state index is 12.0. The van der Waals surface area contributed by atoms with Gasteiger partial charge in [0.05, 0.1) is 28.0 Å². The third-order valence-electron chi connectivity index (χ3n) is 2.90. The minimum Gasteiger partial charge on any atom is -0.452 e. The van der Waals surface area contributed by atoms with Gasteiger partial charge in [0.2, 0.25) is 0 Å². The molecule has 7 nitrogen and oxygen atoms in total. The van der Waals surface area contributed by atoms with Crippen LogP contribution in [-0.2, 0) is 19.4 Å². The summed E-state index contributed by atoms with van der Waals surface area (Å²) < 4.78 is 27.8. The van der Waals surface area contributed by atoms with E-state index in [2.05, 4.69) is 0 Å². The number of sulfone groups is 1. The van der Waals surface area contributed by atoms with Crippen molar-refractivity contribution in [3.8, 4) is 6.07 Å². The van der Waals surface area contributed by atoms with Gasteiger partial charge >= 0.3 is 5.97 Å². The van der Waals surface area contributed by atoms with E-state index in [1.807, 2.05) is 6.07 Å². The molecule has 0 saturated heterocycles. The Morgan fingerprint density at radius 1 is 1.39 bits per heavy atom. The third kappa shape index (κ3) is 5.54.